The average Bonchev–Trinajstić information content (AvgIpc) is 3.11. The number of ketones is 1. The second-order valence-electron chi connectivity index (χ2n) is 2.97. The van der Waals surface area contributed by atoms with Crippen LogP contribution in [-0.4, -0.2) is 20.9 Å². The van der Waals surface area contributed by atoms with Crippen molar-refractivity contribution in [1.29, 1.82) is 0 Å². The lowest BCUT2D eigenvalue weighted by molar-refractivity contribution is 0.101. The van der Waals surface area contributed by atoms with Crippen LogP contribution in [0.2, 0.25) is 0 Å². The molecule has 92 valence electrons. The van der Waals surface area contributed by atoms with E-state index in [2.05, 4.69) is 21.0 Å². The van der Waals surface area contributed by atoms with Gasteiger partial charge in [0.05, 0.1) is 11.4 Å². The molecule has 1 saturated carbocycles. The molecule has 4 heteroatoms. The van der Waals surface area contributed by atoms with Gasteiger partial charge in [-0.15, -0.1) is 0 Å². The van der Waals surface area contributed by atoms with Gasteiger partial charge in [-0.05, 0) is 18.9 Å². The van der Waals surface area contributed by atoms with Crippen molar-refractivity contribution in [2.75, 3.05) is 5.33 Å². The SMILES string of the molecule is CC.CC.O=C(CBr)c1ccn(C2CC2)n1. The highest BCUT2D eigenvalue weighted by molar-refractivity contribution is 9.09. The maximum Gasteiger partial charge on any atom is 0.193 e. The zero-order valence-corrected chi connectivity index (χ0v) is 12.1. The summed E-state index contributed by atoms with van der Waals surface area (Å²) >= 11 is 3.11. The molecule has 0 aromatic carbocycles. The first-order valence-electron chi connectivity index (χ1n) is 5.95. The summed E-state index contributed by atoms with van der Waals surface area (Å²) in [6, 6.07) is 2.34. The predicted molar refractivity (Wildman–Crippen MR) is 71.3 cm³/mol. The first-order chi connectivity index (χ1) is 7.81. The minimum absolute atomic E-state index is 0.0504. The standard InChI is InChI=1S/C8H9BrN2O.2C2H6/c9-5-8(12)7-3-4-11(10-7)6-1-2-6;2*1-2/h3-4,6H,1-2,5H2;2*1-2H3. The molecule has 1 aromatic heterocycles. The minimum atomic E-state index is 0.0504. The Labute approximate surface area is 106 Å². The molecular formula is C12H21BrN2O. The summed E-state index contributed by atoms with van der Waals surface area (Å²) in [4.78, 5) is 11.1. The summed E-state index contributed by atoms with van der Waals surface area (Å²) in [6.45, 7) is 8.00. The van der Waals surface area contributed by atoms with Crippen molar-refractivity contribution >= 4 is 21.7 Å². The Morgan fingerprint density at radius 1 is 1.44 bits per heavy atom. The average molecular weight is 289 g/mol. The van der Waals surface area contributed by atoms with Gasteiger partial charge in [0, 0.05) is 6.20 Å². The molecule has 1 fully saturated rings. The number of hydrogen-bond acceptors (Lipinski definition) is 2. The summed E-state index contributed by atoms with van der Waals surface area (Å²) in [5, 5.41) is 4.54. The molecule has 1 aliphatic carbocycles. The zero-order chi connectivity index (χ0) is 12.6. The maximum atomic E-state index is 11.1. The van der Waals surface area contributed by atoms with Gasteiger partial charge in [-0.3, -0.25) is 9.48 Å². The largest absolute Gasteiger partial charge is 0.291 e. The lowest BCUT2D eigenvalue weighted by Gasteiger charge is -1.93. The Morgan fingerprint density at radius 2 is 2.00 bits per heavy atom. The van der Waals surface area contributed by atoms with Gasteiger partial charge < -0.3 is 0 Å². The Kier molecular flexibility index (Phi) is 8.16. The molecule has 16 heavy (non-hydrogen) atoms. The number of rotatable bonds is 3. The van der Waals surface area contributed by atoms with Crippen LogP contribution in [0.3, 0.4) is 0 Å². The molecule has 0 unspecified atom stereocenters. The normalized spacial score (nSPS) is 13.1. The lowest BCUT2D eigenvalue weighted by Crippen LogP contribution is -2.03. The van der Waals surface area contributed by atoms with Crippen molar-refractivity contribution in [1.82, 2.24) is 9.78 Å². The summed E-state index contributed by atoms with van der Waals surface area (Å²) in [5.41, 5.74) is 0.568. The molecule has 2 rings (SSSR count). The van der Waals surface area contributed by atoms with Gasteiger partial charge in [-0.25, -0.2) is 0 Å². The minimum Gasteiger partial charge on any atom is -0.291 e. The fraction of sp³-hybridized carbons (Fsp3) is 0.667. The Bertz CT molecular complexity index is 306. The molecule has 1 aromatic rings. The highest BCUT2D eigenvalue weighted by Gasteiger charge is 2.24. The van der Waals surface area contributed by atoms with E-state index in [1.807, 2.05) is 38.6 Å². The quantitative estimate of drug-likeness (QED) is 0.626. The van der Waals surface area contributed by atoms with E-state index in [0.29, 0.717) is 17.1 Å². The van der Waals surface area contributed by atoms with E-state index < -0.39 is 0 Å². The molecule has 3 nitrogen and oxygen atoms in total. The Morgan fingerprint density at radius 3 is 2.44 bits per heavy atom. The first-order valence-corrected chi connectivity index (χ1v) is 7.07. The molecule has 0 atom stereocenters. The molecule has 0 amide bonds. The van der Waals surface area contributed by atoms with Gasteiger partial charge in [0.1, 0.15) is 5.69 Å². The van der Waals surface area contributed by atoms with Crippen LogP contribution in [0.5, 0.6) is 0 Å². The number of aromatic nitrogens is 2. The first kappa shape index (κ1) is 15.4. The number of carbonyl (C=O) groups excluding carboxylic acids is 1. The molecule has 0 bridgehead atoms. The summed E-state index contributed by atoms with van der Waals surface area (Å²) in [5.74, 6) is 0.0504. The fourth-order valence-corrected chi connectivity index (χ4v) is 1.38. The molecular weight excluding hydrogens is 268 g/mol. The molecule has 1 heterocycles. The van der Waals surface area contributed by atoms with Crippen LogP contribution >= 0.6 is 15.9 Å². The van der Waals surface area contributed by atoms with Crippen molar-refractivity contribution in [3.63, 3.8) is 0 Å². The molecule has 0 saturated heterocycles. The second kappa shape index (κ2) is 8.50. The third-order valence-corrected chi connectivity index (χ3v) is 2.45. The number of halogens is 1. The topological polar surface area (TPSA) is 34.9 Å². The van der Waals surface area contributed by atoms with Crippen LogP contribution in [0, 0.1) is 0 Å². The van der Waals surface area contributed by atoms with E-state index in [-0.39, 0.29) is 5.78 Å². The monoisotopic (exact) mass is 288 g/mol. The molecule has 0 aliphatic heterocycles. The maximum absolute atomic E-state index is 11.1. The van der Waals surface area contributed by atoms with Gasteiger partial charge in [-0.2, -0.15) is 5.10 Å². The lowest BCUT2D eigenvalue weighted by atomic mass is 10.3. The van der Waals surface area contributed by atoms with E-state index in [0.717, 1.165) is 0 Å². The smallest absolute Gasteiger partial charge is 0.193 e. The second-order valence-corrected chi connectivity index (χ2v) is 3.53. The molecule has 1 aliphatic rings. The van der Waals surface area contributed by atoms with Crippen LogP contribution < -0.4 is 0 Å². The zero-order valence-electron chi connectivity index (χ0n) is 10.5. The fourth-order valence-electron chi connectivity index (χ4n) is 1.10. The van der Waals surface area contributed by atoms with Gasteiger partial charge in [0.25, 0.3) is 0 Å². The van der Waals surface area contributed by atoms with E-state index in [1.165, 1.54) is 12.8 Å². The van der Waals surface area contributed by atoms with Crippen molar-refractivity contribution in [3.05, 3.63) is 18.0 Å². The van der Waals surface area contributed by atoms with Crippen LogP contribution in [-0.2, 0) is 0 Å². The van der Waals surface area contributed by atoms with Crippen molar-refractivity contribution in [2.45, 2.75) is 46.6 Å². The van der Waals surface area contributed by atoms with Crippen LogP contribution in [0.15, 0.2) is 12.3 Å². The van der Waals surface area contributed by atoms with Crippen molar-refractivity contribution < 1.29 is 4.79 Å². The third-order valence-electron chi connectivity index (χ3n) is 1.94. The highest BCUT2D eigenvalue weighted by Crippen LogP contribution is 2.33. The predicted octanol–water partition coefficient (Wildman–Crippen LogP) is 3.85. The van der Waals surface area contributed by atoms with Crippen molar-refractivity contribution in [2.24, 2.45) is 0 Å². The van der Waals surface area contributed by atoms with E-state index >= 15 is 0 Å². The van der Waals surface area contributed by atoms with Gasteiger partial charge >= 0.3 is 0 Å². The molecule has 0 N–H and O–H groups in total. The van der Waals surface area contributed by atoms with Gasteiger partial charge in [0.15, 0.2) is 5.78 Å². The summed E-state index contributed by atoms with van der Waals surface area (Å²) in [7, 11) is 0. The molecule has 0 spiro atoms. The number of alkyl halides is 1. The Hall–Kier alpha value is -0.640. The third kappa shape index (κ3) is 4.47. The molecule has 0 radical (unpaired) electrons. The highest BCUT2D eigenvalue weighted by atomic mass is 79.9. The number of carbonyl (C=O) groups is 1. The van der Waals surface area contributed by atoms with Crippen LogP contribution in [0.25, 0.3) is 0 Å². The number of Topliss-reactive ketones (excluding diaryl/α,β-unsaturated/α-hetero) is 1. The van der Waals surface area contributed by atoms with E-state index in [4.69, 9.17) is 0 Å². The van der Waals surface area contributed by atoms with Crippen molar-refractivity contribution in [3.8, 4) is 0 Å². The number of nitrogens with zero attached hydrogens (tertiary/aromatic N) is 2. The Balaban J connectivity index is 0.000000509. The number of hydrogen-bond donors (Lipinski definition) is 0. The summed E-state index contributed by atoms with van der Waals surface area (Å²) in [6.07, 6.45) is 4.28. The van der Waals surface area contributed by atoms with E-state index in [9.17, 15) is 4.79 Å². The van der Waals surface area contributed by atoms with Gasteiger partial charge in [0.2, 0.25) is 0 Å². The van der Waals surface area contributed by atoms with Crippen LogP contribution in [0.4, 0.5) is 0 Å². The summed E-state index contributed by atoms with van der Waals surface area (Å²) < 4.78 is 1.88. The van der Waals surface area contributed by atoms with Gasteiger partial charge in [-0.1, -0.05) is 43.6 Å². The van der Waals surface area contributed by atoms with E-state index in [1.54, 1.807) is 6.07 Å². The van der Waals surface area contributed by atoms with Crippen LogP contribution in [0.1, 0.15) is 57.1 Å².